The fourth-order valence-corrected chi connectivity index (χ4v) is 2.57. The van der Waals surface area contributed by atoms with E-state index in [-0.39, 0.29) is 0 Å². The van der Waals surface area contributed by atoms with Gasteiger partial charge in [-0.25, -0.2) is 4.99 Å². The van der Waals surface area contributed by atoms with Crippen LogP contribution in [0.5, 0.6) is 5.75 Å². The highest BCUT2D eigenvalue weighted by Gasteiger charge is 1.99. The molecule has 1 aromatic carbocycles. The molecule has 5 heteroatoms. The van der Waals surface area contributed by atoms with Gasteiger partial charge in [-0.15, -0.1) is 0 Å². The van der Waals surface area contributed by atoms with E-state index in [1.807, 2.05) is 18.2 Å². The van der Waals surface area contributed by atoms with E-state index in [1.165, 1.54) is 38.6 Å². The van der Waals surface area contributed by atoms with Crippen molar-refractivity contribution in [3.05, 3.63) is 29.8 Å². The summed E-state index contributed by atoms with van der Waals surface area (Å²) in [4.78, 5) is 6.91. The number of hydrogen-bond acceptors (Lipinski definition) is 3. The molecule has 142 valence electrons. The van der Waals surface area contributed by atoms with Gasteiger partial charge in [0.15, 0.2) is 5.96 Å². The smallest absolute Gasteiger partial charge is 0.191 e. The highest BCUT2D eigenvalue weighted by atomic mass is 16.5. The molecule has 25 heavy (non-hydrogen) atoms. The summed E-state index contributed by atoms with van der Waals surface area (Å²) < 4.78 is 5.26. The molecule has 0 amide bonds. The van der Waals surface area contributed by atoms with Crippen molar-refractivity contribution in [3.63, 3.8) is 0 Å². The molecule has 0 aromatic heterocycles. The number of hydrogen-bond donors (Lipinski definition) is 2. The molecule has 0 aliphatic rings. The highest BCUT2D eigenvalue weighted by molar-refractivity contribution is 5.79. The monoisotopic (exact) mass is 348 g/mol. The molecular weight excluding hydrogens is 312 g/mol. The summed E-state index contributed by atoms with van der Waals surface area (Å²) in [5.41, 5.74) is 1.15. The van der Waals surface area contributed by atoms with Crippen LogP contribution in [0.3, 0.4) is 0 Å². The van der Waals surface area contributed by atoms with Gasteiger partial charge in [-0.2, -0.15) is 0 Å². The van der Waals surface area contributed by atoms with E-state index in [0.29, 0.717) is 6.54 Å². The third kappa shape index (κ3) is 10.7. The van der Waals surface area contributed by atoms with Gasteiger partial charge in [-0.05, 0) is 58.1 Å². The van der Waals surface area contributed by atoms with Gasteiger partial charge in [0.25, 0.3) is 0 Å². The quantitative estimate of drug-likeness (QED) is 0.346. The number of ether oxygens (including phenoxy) is 1. The molecule has 0 spiro atoms. The molecule has 0 aliphatic heterocycles. The number of nitrogens with one attached hydrogen (secondary N) is 2. The molecule has 0 fully saturated rings. The van der Waals surface area contributed by atoms with E-state index in [0.717, 1.165) is 30.4 Å². The zero-order valence-electron chi connectivity index (χ0n) is 16.5. The largest absolute Gasteiger partial charge is 0.497 e. The van der Waals surface area contributed by atoms with E-state index < -0.39 is 0 Å². The normalized spacial score (nSPS) is 11.6. The number of aliphatic imine (C=N–C) groups is 1. The molecule has 0 atom stereocenters. The van der Waals surface area contributed by atoms with Gasteiger partial charge in [0, 0.05) is 13.1 Å². The van der Waals surface area contributed by atoms with Gasteiger partial charge in [0.1, 0.15) is 5.75 Å². The Balaban J connectivity index is 2.26. The molecule has 1 aromatic rings. The molecule has 0 radical (unpaired) electrons. The lowest BCUT2D eigenvalue weighted by molar-refractivity contribution is 0.389. The van der Waals surface area contributed by atoms with Crippen LogP contribution >= 0.6 is 0 Å². The number of rotatable bonds is 12. The Labute approximate surface area is 153 Å². The maximum absolute atomic E-state index is 5.26. The molecule has 2 N–H and O–H groups in total. The third-order valence-corrected chi connectivity index (χ3v) is 3.97. The first-order valence-corrected chi connectivity index (χ1v) is 9.45. The fraction of sp³-hybridized carbons (Fsp3) is 0.650. The first-order chi connectivity index (χ1) is 12.2. The summed E-state index contributed by atoms with van der Waals surface area (Å²) >= 11 is 0. The number of benzene rings is 1. The van der Waals surface area contributed by atoms with Crippen molar-refractivity contribution < 1.29 is 4.74 Å². The first kappa shape index (κ1) is 21.3. The SMILES string of the molecule is CCNC(=NCc1cccc(OC)c1)NCCCCCCCN(C)C. The molecule has 0 bridgehead atoms. The minimum atomic E-state index is 0.650. The predicted molar refractivity (Wildman–Crippen MR) is 107 cm³/mol. The van der Waals surface area contributed by atoms with E-state index in [2.05, 4.69) is 47.6 Å². The third-order valence-electron chi connectivity index (χ3n) is 3.97. The molecule has 0 aliphatic carbocycles. The number of nitrogens with zero attached hydrogens (tertiary/aromatic N) is 2. The zero-order valence-corrected chi connectivity index (χ0v) is 16.5. The lowest BCUT2D eigenvalue weighted by Gasteiger charge is -2.12. The Bertz CT molecular complexity index is 488. The molecule has 1 rings (SSSR count). The van der Waals surface area contributed by atoms with E-state index in [9.17, 15) is 0 Å². The highest BCUT2D eigenvalue weighted by Crippen LogP contribution is 2.13. The first-order valence-electron chi connectivity index (χ1n) is 9.45. The summed E-state index contributed by atoms with van der Waals surface area (Å²) in [5, 5.41) is 6.74. The van der Waals surface area contributed by atoms with Gasteiger partial charge in [-0.1, -0.05) is 31.4 Å². The predicted octanol–water partition coefficient (Wildman–Crippen LogP) is 3.26. The lowest BCUT2D eigenvalue weighted by atomic mass is 10.1. The van der Waals surface area contributed by atoms with E-state index >= 15 is 0 Å². The van der Waals surface area contributed by atoms with Crippen molar-refractivity contribution in [1.82, 2.24) is 15.5 Å². The Morgan fingerprint density at radius 2 is 1.84 bits per heavy atom. The topological polar surface area (TPSA) is 48.9 Å². The fourth-order valence-electron chi connectivity index (χ4n) is 2.57. The van der Waals surface area contributed by atoms with Crippen molar-refractivity contribution in [2.24, 2.45) is 4.99 Å². The van der Waals surface area contributed by atoms with Crippen LogP contribution in [0.1, 0.15) is 44.6 Å². The van der Waals surface area contributed by atoms with Crippen molar-refractivity contribution in [3.8, 4) is 5.75 Å². The van der Waals surface area contributed by atoms with Gasteiger partial charge in [-0.3, -0.25) is 0 Å². The Morgan fingerprint density at radius 1 is 1.08 bits per heavy atom. The molecular formula is C20H36N4O. The van der Waals surface area contributed by atoms with Crippen LogP contribution < -0.4 is 15.4 Å². The Hall–Kier alpha value is -1.75. The minimum absolute atomic E-state index is 0.650. The van der Waals surface area contributed by atoms with Gasteiger partial charge in [0.2, 0.25) is 0 Å². The van der Waals surface area contributed by atoms with Gasteiger partial charge >= 0.3 is 0 Å². The molecule has 0 saturated carbocycles. The Morgan fingerprint density at radius 3 is 2.56 bits per heavy atom. The van der Waals surface area contributed by atoms with E-state index in [1.54, 1.807) is 7.11 Å². The van der Waals surface area contributed by atoms with Crippen LogP contribution in [-0.2, 0) is 6.54 Å². The van der Waals surface area contributed by atoms with Crippen molar-refractivity contribution >= 4 is 5.96 Å². The van der Waals surface area contributed by atoms with Gasteiger partial charge < -0.3 is 20.3 Å². The van der Waals surface area contributed by atoms with Crippen molar-refractivity contribution in [2.45, 2.75) is 45.6 Å². The molecule has 0 heterocycles. The summed E-state index contributed by atoms with van der Waals surface area (Å²) in [6, 6.07) is 8.06. The lowest BCUT2D eigenvalue weighted by Crippen LogP contribution is -2.37. The maximum atomic E-state index is 5.26. The van der Waals surface area contributed by atoms with Crippen LogP contribution in [-0.4, -0.2) is 51.7 Å². The van der Waals surface area contributed by atoms with Crippen molar-refractivity contribution in [2.75, 3.05) is 40.8 Å². The number of unbranched alkanes of at least 4 members (excludes halogenated alkanes) is 4. The number of methoxy groups -OCH3 is 1. The van der Waals surface area contributed by atoms with Crippen LogP contribution in [0.4, 0.5) is 0 Å². The average molecular weight is 349 g/mol. The molecule has 5 nitrogen and oxygen atoms in total. The van der Waals surface area contributed by atoms with E-state index in [4.69, 9.17) is 4.74 Å². The van der Waals surface area contributed by atoms with Crippen LogP contribution in [0.15, 0.2) is 29.3 Å². The summed E-state index contributed by atoms with van der Waals surface area (Å²) in [7, 11) is 5.96. The average Bonchev–Trinajstić information content (AvgIpc) is 2.61. The second-order valence-corrected chi connectivity index (χ2v) is 6.54. The van der Waals surface area contributed by atoms with Crippen LogP contribution in [0.25, 0.3) is 0 Å². The van der Waals surface area contributed by atoms with Crippen molar-refractivity contribution in [1.29, 1.82) is 0 Å². The second kappa shape index (κ2) is 13.5. The summed E-state index contributed by atoms with van der Waals surface area (Å²) in [6.45, 7) is 5.77. The minimum Gasteiger partial charge on any atom is -0.497 e. The maximum Gasteiger partial charge on any atom is 0.191 e. The van der Waals surface area contributed by atoms with Crippen LogP contribution in [0, 0.1) is 0 Å². The zero-order chi connectivity index (χ0) is 18.3. The number of guanidine groups is 1. The molecule has 0 saturated heterocycles. The van der Waals surface area contributed by atoms with Gasteiger partial charge in [0.05, 0.1) is 13.7 Å². The summed E-state index contributed by atoms with van der Waals surface area (Å²) in [5.74, 6) is 1.76. The standard InChI is InChI=1S/C20H36N4O/c1-5-21-20(22-14-9-7-6-8-10-15-24(2)3)23-17-18-12-11-13-19(16-18)25-4/h11-13,16H,5-10,14-15,17H2,1-4H3,(H2,21,22,23). The summed E-state index contributed by atoms with van der Waals surface area (Å²) in [6.07, 6.45) is 6.39. The molecule has 0 unspecified atom stereocenters. The second-order valence-electron chi connectivity index (χ2n) is 6.54. The Kier molecular flexibility index (Phi) is 11.5. The van der Waals surface area contributed by atoms with Crippen LogP contribution in [0.2, 0.25) is 0 Å².